The largest absolute Gasteiger partial charge is 1.00 e. The zero-order valence-corrected chi connectivity index (χ0v) is 13.8. The Kier molecular flexibility index (Phi) is 5.90. The first-order valence-electron chi connectivity index (χ1n) is 6.85. The maximum absolute atomic E-state index is 12.7. The third-order valence-electron chi connectivity index (χ3n) is 3.23. The van der Waals surface area contributed by atoms with E-state index in [0.29, 0.717) is 11.3 Å². The molecule has 8 heteroatoms. The fourth-order valence-corrected chi connectivity index (χ4v) is 2.41. The molecule has 7 nitrogen and oxygen atoms in total. The van der Waals surface area contributed by atoms with Crippen LogP contribution in [-0.4, -0.2) is 25.8 Å². The summed E-state index contributed by atoms with van der Waals surface area (Å²) in [6.45, 7) is 4.40. The normalized spacial score (nSPS) is 12.6. The van der Waals surface area contributed by atoms with Crippen LogP contribution in [0.5, 0.6) is 5.88 Å². The summed E-state index contributed by atoms with van der Waals surface area (Å²) in [5.41, 5.74) is 0.542. The van der Waals surface area contributed by atoms with Gasteiger partial charge in [-0.15, -0.1) is 0 Å². The first-order valence-corrected chi connectivity index (χ1v) is 6.85. The van der Waals surface area contributed by atoms with E-state index >= 15 is 0 Å². The molecule has 0 aliphatic rings. The molecule has 2 aromatic heterocycles. The molecular weight excluding hydrogens is 322 g/mol. The number of pyridine rings is 2. The van der Waals surface area contributed by atoms with Crippen LogP contribution in [0.3, 0.4) is 0 Å². The van der Waals surface area contributed by atoms with Crippen LogP contribution in [0.2, 0.25) is 0 Å². The summed E-state index contributed by atoms with van der Waals surface area (Å²) in [7, 11) is 0. The lowest BCUT2D eigenvalue weighted by Crippen LogP contribution is -3.00. The topological polar surface area (TPSA) is 98.6 Å². The molecule has 2 heterocycles. The molecule has 1 unspecified atom stereocenters. The molecule has 23 heavy (non-hydrogen) atoms. The summed E-state index contributed by atoms with van der Waals surface area (Å²) in [6.07, 6.45) is 2.63. The molecule has 0 saturated heterocycles. The summed E-state index contributed by atoms with van der Waals surface area (Å²) in [6, 6.07) is 6.87. The van der Waals surface area contributed by atoms with Crippen LogP contribution in [0.1, 0.15) is 25.6 Å². The van der Waals surface area contributed by atoms with Gasteiger partial charge < -0.3 is 27.7 Å². The van der Waals surface area contributed by atoms with Gasteiger partial charge in [0.25, 0.3) is 5.69 Å². The Morgan fingerprint density at radius 1 is 1.26 bits per heavy atom. The van der Waals surface area contributed by atoms with Gasteiger partial charge in [0.1, 0.15) is 0 Å². The highest BCUT2D eigenvalue weighted by Crippen LogP contribution is 2.17. The van der Waals surface area contributed by atoms with Gasteiger partial charge in [0.15, 0.2) is 18.3 Å². The zero-order valence-electron chi connectivity index (χ0n) is 13.1. The maximum Gasteiger partial charge on any atom is 0.327 e. The average molecular weight is 342 g/mol. The molecule has 0 aliphatic heterocycles. The number of aryl methyl sites for hydroxylation is 1. The fraction of sp³-hybridized carbons (Fsp3) is 0.333. The van der Waals surface area contributed by atoms with Gasteiger partial charge in [-0.1, -0.05) is 6.07 Å². The van der Waals surface area contributed by atoms with E-state index < -0.39 is 17.6 Å². The monoisotopic (exact) mass is 341 g/mol. The van der Waals surface area contributed by atoms with Crippen LogP contribution in [0.25, 0.3) is 5.69 Å². The minimum atomic E-state index is -2.17. The van der Waals surface area contributed by atoms with E-state index in [1.807, 2.05) is 6.07 Å². The molecule has 0 radical (unpaired) electrons. The summed E-state index contributed by atoms with van der Waals surface area (Å²) in [4.78, 5) is 12.7. The molecule has 126 valence electrons. The Labute approximate surface area is 139 Å². The van der Waals surface area contributed by atoms with E-state index in [1.54, 1.807) is 42.9 Å². The number of aliphatic hydroxyl groups is 2. The van der Waals surface area contributed by atoms with Crippen molar-refractivity contribution >= 4 is 0 Å². The van der Waals surface area contributed by atoms with Gasteiger partial charge in [0, 0.05) is 30.7 Å². The number of nitrogens with zero attached hydrogens (tertiary/aromatic N) is 2. The van der Waals surface area contributed by atoms with E-state index in [1.165, 1.54) is 6.07 Å². The van der Waals surface area contributed by atoms with Crippen molar-refractivity contribution in [2.45, 2.75) is 32.8 Å². The molecule has 0 aromatic carbocycles. The van der Waals surface area contributed by atoms with E-state index in [9.17, 15) is 20.1 Å². The molecule has 4 N–H and O–H groups in total. The third-order valence-corrected chi connectivity index (χ3v) is 3.23. The summed E-state index contributed by atoms with van der Waals surface area (Å²) in [5, 5.41) is 31.3. The van der Waals surface area contributed by atoms with Gasteiger partial charge in [0.2, 0.25) is 5.91 Å². The van der Waals surface area contributed by atoms with Gasteiger partial charge in [-0.25, -0.2) is 5.32 Å². The second-order valence-corrected chi connectivity index (χ2v) is 5.33. The molecule has 0 spiro atoms. The smallest absolute Gasteiger partial charge is 0.327 e. The minimum absolute atomic E-state index is 0. The number of hydrogen-bond acceptors (Lipinski definition) is 5. The van der Waals surface area contributed by atoms with Crippen molar-refractivity contribution in [1.82, 2.24) is 9.88 Å². The second kappa shape index (κ2) is 7.10. The minimum Gasteiger partial charge on any atom is -1.00 e. The van der Waals surface area contributed by atoms with Gasteiger partial charge in [-0.3, -0.25) is 9.36 Å². The molecular formula is C15H20ClN3O4. The lowest BCUT2D eigenvalue weighted by Gasteiger charge is -2.25. The second-order valence-electron chi connectivity index (χ2n) is 5.33. The molecule has 0 saturated carbocycles. The van der Waals surface area contributed by atoms with Crippen LogP contribution in [0.15, 0.2) is 41.5 Å². The molecule has 0 fully saturated rings. The highest BCUT2D eigenvalue weighted by atomic mass is 35.5. The molecule has 0 bridgehead atoms. The summed E-state index contributed by atoms with van der Waals surface area (Å²) in [5.74, 6) is -2.43. The highest BCUT2D eigenvalue weighted by molar-refractivity contribution is 5.34. The van der Waals surface area contributed by atoms with Gasteiger partial charge in [0.05, 0.1) is 6.17 Å². The Hall–Kier alpha value is -1.93. The number of rotatable bonds is 4. The van der Waals surface area contributed by atoms with Gasteiger partial charge >= 0.3 is 5.56 Å². The number of nitrogens with one attached hydrogen (secondary N) is 1. The Bertz CT molecular complexity index is 726. The van der Waals surface area contributed by atoms with Crippen LogP contribution in [0.4, 0.5) is 0 Å². The van der Waals surface area contributed by atoms with Crippen molar-refractivity contribution in [3.63, 3.8) is 0 Å². The number of aromatic hydroxyl groups is 1. The Balaban J connectivity index is 0.00000264. The summed E-state index contributed by atoms with van der Waals surface area (Å²) < 4.78 is 2.71. The third kappa shape index (κ3) is 4.29. The summed E-state index contributed by atoms with van der Waals surface area (Å²) >= 11 is 0. The van der Waals surface area contributed by atoms with E-state index in [-0.39, 0.29) is 18.3 Å². The quantitative estimate of drug-likeness (QED) is 0.349. The van der Waals surface area contributed by atoms with Crippen molar-refractivity contribution in [2.24, 2.45) is 0 Å². The molecule has 2 rings (SSSR count). The number of aromatic nitrogens is 2. The first-order chi connectivity index (χ1) is 10.2. The van der Waals surface area contributed by atoms with Crippen molar-refractivity contribution in [2.75, 3.05) is 0 Å². The van der Waals surface area contributed by atoms with Crippen molar-refractivity contribution in [3.05, 3.63) is 52.6 Å². The molecule has 2 aromatic rings. The van der Waals surface area contributed by atoms with Crippen molar-refractivity contribution in [3.8, 4) is 11.6 Å². The predicted molar refractivity (Wildman–Crippen MR) is 79.3 cm³/mol. The van der Waals surface area contributed by atoms with Crippen molar-refractivity contribution in [1.29, 1.82) is 0 Å². The maximum atomic E-state index is 12.7. The predicted octanol–water partition coefficient (Wildman–Crippen LogP) is -3.09. The lowest BCUT2D eigenvalue weighted by atomic mass is 10.2. The van der Waals surface area contributed by atoms with Gasteiger partial charge in [-0.05, 0) is 13.8 Å². The SMILES string of the molecule is Cc1cc(O)n(C(C)NC(C)(O)O)c(=O)c1-[n+]1ccccc1.[Cl-]. The first kappa shape index (κ1) is 19.1. The van der Waals surface area contributed by atoms with Crippen LogP contribution in [-0.2, 0) is 0 Å². The van der Waals surface area contributed by atoms with Crippen LogP contribution in [0, 0.1) is 6.92 Å². The molecule has 0 aliphatic carbocycles. The lowest BCUT2D eigenvalue weighted by molar-refractivity contribution is -0.597. The fourth-order valence-electron chi connectivity index (χ4n) is 2.41. The highest BCUT2D eigenvalue weighted by Gasteiger charge is 2.26. The van der Waals surface area contributed by atoms with E-state index in [0.717, 1.165) is 11.5 Å². The van der Waals surface area contributed by atoms with E-state index in [4.69, 9.17) is 0 Å². The molecule has 0 amide bonds. The Morgan fingerprint density at radius 3 is 2.35 bits per heavy atom. The number of halogens is 1. The number of hydrogen-bond donors (Lipinski definition) is 4. The average Bonchev–Trinajstić information content (AvgIpc) is 2.36. The molecule has 1 atom stereocenters. The standard InChI is InChI=1S/C15H19N3O4.ClH/c1-10-9-12(19)18(11(2)16-15(3,21)22)14(20)13(10)17-7-5-4-6-8-17;/h4-9,11,16,21-22H,1-3H3;1H. The van der Waals surface area contributed by atoms with Crippen molar-refractivity contribution < 1.29 is 32.3 Å². The Morgan fingerprint density at radius 2 is 1.83 bits per heavy atom. The van der Waals surface area contributed by atoms with Crippen LogP contribution < -0.4 is 27.9 Å². The van der Waals surface area contributed by atoms with Crippen LogP contribution >= 0.6 is 0 Å². The van der Waals surface area contributed by atoms with E-state index in [2.05, 4.69) is 5.32 Å². The van der Waals surface area contributed by atoms with Gasteiger partial charge in [-0.2, -0.15) is 4.57 Å². The zero-order chi connectivity index (χ0) is 16.5.